The van der Waals surface area contributed by atoms with Gasteiger partial charge in [0.1, 0.15) is 17.2 Å². The monoisotopic (exact) mass is 934 g/mol. The lowest BCUT2D eigenvalue weighted by atomic mass is 10.1. The van der Waals surface area contributed by atoms with E-state index in [-0.39, 0.29) is 64.0 Å². The minimum Gasteiger partial charge on any atom is -0.504 e. The smallest absolute Gasteiger partial charge is 0.273 e. The number of phenols is 2. The Kier molecular flexibility index (Phi) is 12.2. The molecule has 0 aromatic heterocycles. The first-order valence-electron chi connectivity index (χ1n) is 14.6. The van der Waals surface area contributed by atoms with Gasteiger partial charge in [-0.25, -0.2) is 0 Å². The van der Waals surface area contributed by atoms with E-state index >= 15 is 0 Å². The number of aromatic hydroxyl groups is 2. The number of carbonyl (C=O) groups excluding carboxylic acids is 2. The molecule has 0 fully saturated rings. The molecule has 0 unspecified atom stereocenters. The Balaban J connectivity index is 1.49. The number of hydrogen-bond acceptors (Lipinski definition) is 10. The molecule has 258 valence electrons. The SMILES string of the molecule is O=C1N/C=C/c2ccc(c(Br)c2)Oc2cc(ccc2O)CCNC(=O)/C(=N/O)Cc2cc(Br)c(c(Br)c2)Oc2cc(cc(Br)c2O)C/C1=N\O. The van der Waals surface area contributed by atoms with Crippen LogP contribution in [-0.4, -0.2) is 50.4 Å². The average Bonchev–Trinajstić information content (AvgIpc) is 3.08. The van der Waals surface area contributed by atoms with Gasteiger partial charge in [0.25, 0.3) is 11.8 Å². The second-order valence-electron chi connectivity index (χ2n) is 10.8. The zero-order valence-electron chi connectivity index (χ0n) is 25.6. The highest BCUT2D eigenvalue weighted by Crippen LogP contribution is 2.43. The van der Waals surface area contributed by atoms with Gasteiger partial charge in [-0.05, 0) is 147 Å². The summed E-state index contributed by atoms with van der Waals surface area (Å²) in [5, 5.41) is 52.3. The summed E-state index contributed by atoms with van der Waals surface area (Å²) in [6.07, 6.45) is 3.25. The number of nitrogens with zero attached hydrogens (tertiary/aromatic N) is 2. The predicted octanol–water partition coefficient (Wildman–Crippen LogP) is 7.94. The Bertz CT molecular complexity index is 2050. The van der Waals surface area contributed by atoms with Crippen LogP contribution in [0.4, 0.5) is 0 Å². The van der Waals surface area contributed by atoms with Crippen molar-refractivity contribution in [3.05, 3.63) is 107 Å². The lowest BCUT2D eigenvalue weighted by molar-refractivity contribution is -0.115. The molecule has 0 aliphatic carbocycles. The van der Waals surface area contributed by atoms with Crippen LogP contribution >= 0.6 is 63.7 Å². The topological polar surface area (TPSA) is 182 Å². The number of nitrogens with one attached hydrogen (secondary N) is 2. The van der Waals surface area contributed by atoms with Crippen LogP contribution in [0.1, 0.15) is 22.3 Å². The zero-order valence-corrected chi connectivity index (χ0v) is 31.9. The number of oxime groups is 2. The van der Waals surface area contributed by atoms with E-state index < -0.39 is 11.8 Å². The summed E-state index contributed by atoms with van der Waals surface area (Å²) in [6, 6.07) is 16.4. The third kappa shape index (κ3) is 9.04. The van der Waals surface area contributed by atoms with E-state index in [0.717, 1.165) is 5.56 Å². The first-order valence-corrected chi connectivity index (χ1v) is 17.8. The van der Waals surface area contributed by atoms with Crippen molar-refractivity contribution >= 4 is 93.0 Å². The first kappa shape index (κ1) is 36.9. The van der Waals surface area contributed by atoms with Crippen LogP contribution in [0.3, 0.4) is 0 Å². The number of hydrogen-bond donors (Lipinski definition) is 6. The molecule has 8 bridgehead atoms. The molecule has 4 aliphatic rings. The van der Waals surface area contributed by atoms with Crippen LogP contribution < -0.4 is 20.1 Å². The summed E-state index contributed by atoms with van der Waals surface area (Å²) < 4.78 is 13.8. The van der Waals surface area contributed by atoms with Crippen LogP contribution in [0.5, 0.6) is 34.5 Å². The van der Waals surface area contributed by atoms with Crippen molar-refractivity contribution in [3.8, 4) is 34.5 Å². The van der Waals surface area contributed by atoms with Gasteiger partial charge in [0, 0.05) is 25.6 Å². The van der Waals surface area contributed by atoms with Gasteiger partial charge >= 0.3 is 0 Å². The molecule has 0 radical (unpaired) electrons. The van der Waals surface area contributed by atoms with Gasteiger partial charge in [-0.15, -0.1) is 0 Å². The first-order chi connectivity index (χ1) is 23.9. The molecule has 4 heterocycles. The second-order valence-corrected chi connectivity index (χ2v) is 14.2. The number of amides is 2. The number of rotatable bonds is 0. The molecule has 50 heavy (non-hydrogen) atoms. The van der Waals surface area contributed by atoms with Crippen LogP contribution in [0.15, 0.2) is 95.1 Å². The number of carbonyl (C=O) groups is 2. The molecule has 16 heteroatoms. The minimum atomic E-state index is -0.668. The van der Waals surface area contributed by atoms with Crippen molar-refractivity contribution in [1.82, 2.24) is 10.6 Å². The highest BCUT2D eigenvalue weighted by molar-refractivity contribution is 9.11. The molecule has 4 aromatic rings. The summed E-state index contributed by atoms with van der Waals surface area (Å²) in [5.74, 6) is -0.628. The maximum absolute atomic E-state index is 12.9. The molecular weight excluding hydrogens is 912 g/mol. The van der Waals surface area contributed by atoms with Gasteiger partial charge in [0.05, 0.1) is 17.9 Å². The minimum absolute atomic E-state index is 0.0303. The standard InChI is InChI=1S/C34H26Br4N4O8/c35-21-9-17-2-4-28(21)49-29-15-18(1-3-27(29)43)6-8-40-33(45)25(41-47)13-19-11-23(37)32(24(38)12-19)50-30-16-20(10-22(36)31(30)44)14-26(42-48)34(46)39-7-5-17/h1-5,7,9-12,15-16,43-44,47-48H,6,8,13-14H2,(H,39,46)(H,40,45)/b7-5+,41-25+,42-26+. The maximum Gasteiger partial charge on any atom is 0.273 e. The van der Waals surface area contributed by atoms with E-state index in [0.29, 0.717) is 42.3 Å². The van der Waals surface area contributed by atoms with Gasteiger partial charge in [-0.3, -0.25) is 9.59 Å². The second kappa shape index (κ2) is 16.6. The predicted molar refractivity (Wildman–Crippen MR) is 200 cm³/mol. The van der Waals surface area contributed by atoms with Crippen LogP contribution in [-0.2, 0) is 28.9 Å². The van der Waals surface area contributed by atoms with E-state index in [1.807, 2.05) is 0 Å². The molecule has 0 saturated heterocycles. The van der Waals surface area contributed by atoms with E-state index in [1.54, 1.807) is 54.6 Å². The zero-order chi connectivity index (χ0) is 35.9. The lowest BCUT2D eigenvalue weighted by Crippen LogP contribution is -2.33. The van der Waals surface area contributed by atoms with Crippen molar-refractivity contribution in [2.45, 2.75) is 19.3 Å². The van der Waals surface area contributed by atoms with Crippen LogP contribution in [0.2, 0.25) is 0 Å². The Hall–Kier alpha value is -4.38. The van der Waals surface area contributed by atoms with Crippen molar-refractivity contribution in [1.29, 1.82) is 0 Å². The van der Waals surface area contributed by atoms with Gasteiger partial charge < -0.3 is 40.7 Å². The van der Waals surface area contributed by atoms with E-state index in [2.05, 4.69) is 84.7 Å². The van der Waals surface area contributed by atoms with E-state index in [4.69, 9.17) is 9.47 Å². The van der Waals surface area contributed by atoms with E-state index in [9.17, 15) is 30.2 Å². The number of phenolic OH excluding ortho intramolecular Hbond substituents is 2. The summed E-state index contributed by atoms with van der Waals surface area (Å²) in [4.78, 5) is 25.8. The molecule has 8 rings (SSSR count). The summed E-state index contributed by atoms with van der Waals surface area (Å²) in [6.45, 7) is 0.202. The highest BCUT2D eigenvalue weighted by atomic mass is 79.9. The van der Waals surface area contributed by atoms with Gasteiger partial charge in [0.2, 0.25) is 0 Å². The fraction of sp³-hybridized carbons (Fsp3) is 0.118. The molecular formula is C34H26Br4N4O8. The fourth-order valence-corrected chi connectivity index (χ4v) is 7.18. The fourth-order valence-electron chi connectivity index (χ4n) is 4.77. The molecule has 0 saturated carbocycles. The molecule has 12 nitrogen and oxygen atoms in total. The Labute approximate surface area is 319 Å². The lowest BCUT2D eigenvalue weighted by Gasteiger charge is -2.15. The normalized spacial score (nSPS) is 16.6. The third-order valence-electron chi connectivity index (χ3n) is 7.26. The Morgan fingerprint density at radius 2 is 1.30 bits per heavy atom. The maximum atomic E-state index is 12.9. The van der Waals surface area contributed by atoms with Crippen molar-refractivity contribution in [3.63, 3.8) is 0 Å². The van der Waals surface area contributed by atoms with Crippen molar-refractivity contribution in [2.75, 3.05) is 6.54 Å². The van der Waals surface area contributed by atoms with Crippen LogP contribution in [0, 0.1) is 0 Å². The van der Waals surface area contributed by atoms with Crippen molar-refractivity contribution < 1.29 is 39.7 Å². The van der Waals surface area contributed by atoms with Crippen molar-refractivity contribution in [2.24, 2.45) is 10.3 Å². The third-order valence-corrected chi connectivity index (χ3v) is 9.66. The number of halogens is 4. The number of ether oxygens (including phenoxy) is 2. The Morgan fingerprint density at radius 1 is 0.660 bits per heavy atom. The molecule has 0 atom stereocenters. The van der Waals surface area contributed by atoms with Crippen LogP contribution in [0.25, 0.3) is 6.08 Å². The van der Waals surface area contributed by atoms with Gasteiger partial charge in [-0.1, -0.05) is 22.4 Å². The molecule has 4 aromatic carbocycles. The largest absolute Gasteiger partial charge is 0.504 e. The molecule has 4 aliphatic heterocycles. The van der Waals surface area contributed by atoms with E-state index in [1.165, 1.54) is 18.3 Å². The summed E-state index contributed by atoms with van der Waals surface area (Å²) in [5.41, 5.74) is 2.17. The van der Waals surface area contributed by atoms with Gasteiger partial charge in [-0.2, -0.15) is 0 Å². The summed E-state index contributed by atoms with van der Waals surface area (Å²) >= 11 is 13.7. The highest BCUT2D eigenvalue weighted by Gasteiger charge is 2.20. The molecule has 2 amide bonds. The Morgan fingerprint density at radius 3 is 1.98 bits per heavy atom. The molecule has 0 spiro atoms. The summed E-state index contributed by atoms with van der Waals surface area (Å²) in [7, 11) is 0. The van der Waals surface area contributed by atoms with Gasteiger partial charge in [0.15, 0.2) is 28.7 Å². The quantitative estimate of drug-likeness (QED) is 0.0759. The molecule has 6 N–H and O–H groups in total. The average molecular weight is 938 g/mol. The number of benzene rings is 4.